The Kier molecular flexibility index (Phi) is 4.93. The van der Waals surface area contributed by atoms with Gasteiger partial charge >= 0.3 is 12.1 Å². The van der Waals surface area contributed by atoms with E-state index in [0.29, 0.717) is 0 Å². The molecule has 1 saturated carbocycles. The summed E-state index contributed by atoms with van der Waals surface area (Å²) >= 11 is 0. The minimum atomic E-state index is -0.986. The number of rotatable bonds is 4. The Balaban J connectivity index is 2.09. The zero-order valence-electron chi connectivity index (χ0n) is 8.61. The summed E-state index contributed by atoms with van der Waals surface area (Å²) in [6.45, 7) is -0.124. The van der Waals surface area contributed by atoms with Crippen molar-refractivity contribution in [3.05, 3.63) is 0 Å². The van der Waals surface area contributed by atoms with Crippen LogP contribution in [0.15, 0.2) is 0 Å². The van der Waals surface area contributed by atoms with E-state index in [9.17, 15) is 9.59 Å². The predicted octanol–water partition coefficient (Wildman–Crippen LogP) is 1.95. The Morgan fingerprint density at radius 2 is 1.87 bits per heavy atom. The van der Waals surface area contributed by atoms with E-state index in [1.165, 1.54) is 6.42 Å². The lowest BCUT2D eigenvalue weighted by atomic mass is 9.98. The van der Waals surface area contributed by atoms with Crippen molar-refractivity contribution < 1.29 is 24.2 Å². The van der Waals surface area contributed by atoms with Crippen LogP contribution in [0.1, 0.15) is 38.5 Å². The highest BCUT2D eigenvalue weighted by molar-refractivity contribution is 5.67. The average Bonchev–Trinajstić information content (AvgIpc) is 2.18. The lowest BCUT2D eigenvalue weighted by molar-refractivity contribution is -0.137. The molecule has 0 bridgehead atoms. The van der Waals surface area contributed by atoms with Crippen LogP contribution in [0.2, 0.25) is 0 Å². The van der Waals surface area contributed by atoms with Gasteiger partial charge in [0.2, 0.25) is 0 Å². The van der Waals surface area contributed by atoms with Crippen LogP contribution in [0.25, 0.3) is 0 Å². The lowest BCUT2D eigenvalue weighted by Crippen LogP contribution is -2.22. The number of hydrogen-bond donors (Lipinski definition) is 1. The standard InChI is InChI=1S/C10H16O5/c11-9(12)6-7-14-10(13)15-8-4-2-1-3-5-8/h8H,1-7H2,(H,11,12). The van der Waals surface area contributed by atoms with Gasteiger partial charge in [-0.15, -0.1) is 0 Å². The van der Waals surface area contributed by atoms with E-state index in [4.69, 9.17) is 9.84 Å². The fourth-order valence-electron chi connectivity index (χ4n) is 1.57. The van der Waals surface area contributed by atoms with E-state index in [-0.39, 0.29) is 19.1 Å². The summed E-state index contributed by atoms with van der Waals surface area (Å²) in [5.74, 6) is -0.986. The smallest absolute Gasteiger partial charge is 0.481 e. The van der Waals surface area contributed by atoms with Crippen LogP contribution < -0.4 is 0 Å². The highest BCUT2D eigenvalue weighted by atomic mass is 16.7. The van der Waals surface area contributed by atoms with E-state index >= 15 is 0 Å². The molecule has 1 aliphatic rings. The van der Waals surface area contributed by atoms with Gasteiger partial charge in [0.15, 0.2) is 0 Å². The number of ether oxygens (including phenoxy) is 2. The third kappa shape index (κ3) is 5.24. The zero-order chi connectivity index (χ0) is 11.1. The van der Waals surface area contributed by atoms with E-state index in [1.54, 1.807) is 0 Å². The van der Waals surface area contributed by atoms with Crippen molar-refractivity contribution in [2.24, 2.45) is 0 Å². The summed E-state index contributed by atoms with van der Waals surface area (Å²) in [4.78, 5) is 21.2. The van der Waals surface area contributed by atoms with Crippen molar-refractivity contribution in [3.8, 4) is 0 Å². The molecule has 0 aromatic rings. The van der Waals surface area contributed by atoms with Crippen molar-refractivity contribution in [2.75, 3.05) is 6.61 Å². The van der Waals surface area contributed by atoms with Crippen LogP contribution in [-0.2, 0) is 14.3 Å². The molecule has 0 spiro atoms. The molecule has 0 saturated heterocycles. The van der Waals surface area contributed by atoms with E-state index < -0.39 is 12.1 Å². The summed E-state index contributed by atoms with van der Waals surface area (Å²) in [7, 11) is 0. The van der Waals surface area contributed by atoms with E-state index in [1.807, 2.05) is 0 Å². The van der Waals surface area contributed by atoms with Gasteiger partial charge in [0, 0.05) is 0 Å². The molecule has 1 N–H and O–H groups in total. The van der Waals surface area contributed by atoms with Crippen LogP contribution in [0.4, 0.5) is 4.79 Å². The lowest BCUT2D eigenvalue weighted by Gasteiger charge is -2.21. The minimum absolute atomic E-state index is 0.0453. The van der Waals surface area contributed by atoms with Crippen molar-refractivity contribution in [2.45, 2.75) is 44.6 Å². The fourth-order valence-corrected chi connectivity index (χ4v) is 1.57. The number of carboxylic acids is 1. The molecule has 1 rings (SSSR count). The molecule has 0 atom stereocenters. The predicted molar refractivity (Wildman–Crippen MR) is 51.6 cm³/mol. The van der Waals surface area contributed by atoms with Crippen molar-refractivity contribution >= 4 is 12.1 Å². The highest BCUT2D eigenvalue weighted by Crippen LogP contribution is 2.20. The molecule has 0 aromatic carbocycles. The van der Waals surface area contributed by atoms with Crippen molar-refractivity contribution in [1.82, 2.24) is 0 Å². The first kappa shape index (κ1) is 11.8. The van der Waals surface area contributed by atoms with Gasteiger partial charge in [0.1, 0.15) is 12.7 Å². The van der Waals surface area contributed by atoms with Gasteiger partial charge in [-0.05, 0) is 25.7 Å². The van der Waals surface area contributed by atoms with Gasteiger partial charge in [-0.1, -0.05) is 6.42 Å². The fraction of sp³-hybridized carbons (Fsp3) is 0.800. The summed E-state index contributed by atoms with van der Waals surface area (Å²) in [5.41, 5.74) is 0. The SMILES string of the molecule is O=C(O)CCOC(=O)OC1CCCCC1. The third-order valence-electron chi connectivity index (χ3n) is 2.35. The maximum Gasteiger partial charge on any atom is 0.508 e. The number of carboxylic acid groups (broad SMARTS) is 1. The molecule has 0 aromatic heterocycles. The van der Waals surface area contributed by atoms with Crippen LogP contribution in [0, 0.1) is 0 Å². The summed E-state index contributed by atoms with van der Waals surface area (Å²) in [5, 5.41) is 8.32. The zero-order valence-corrected chi connectivity index (χ0v) is 8.61. The first-order chi connectivity index (χ1) is 7.18. The van der Waals surface area contributed by atoms with Gasteiger partial charge in [0.05, 0.1) is 6.42 Å². The quantitative estimate of drug-likeness (QED) is 0.727. The van der Waals surface area contributed by atoms with Crippen LogP contribution >= 0.6 is 0 Å². The number of aliphatic carboxylic acids is 1. The molecule has 5 nitrogen and oxygen atoms in total. The molecule has 86 valence electrons. The molecule has 0 radical (unpaired) electrons. The van der Waals surface area contributed by atoms with Crippen LogP contribution in [0.5, 0.6) is 0 Å². The van der Waals surface area contributed by atoms with Crippen LogP contribution in [0.3, 0.4) is 0 Å². The Labute approximate surface area is 88.4 Å². The second kappa shape index (κ2) is 6.27. The molecule has 0 heterocycles. The molecule has 1 aliphatic carbocycles. The topological polar surface area (TPSA) is 72.8 Å². The van der Waals surface area contributed by atoms with Gasteiger partial charge in [-0.25, -0.2) is 4.79 Å². The summed E-state index contributed by atoms with van der Waals surface area (Å²) in [6, 6.07) is 0. The summed E-state index contributed by atoms with van der Waals surface area (Å²) < 4.78 is 9.63. The molecular formula is C10H16O5. The largest absolute Gasteiger partial charge is 0.508 e. The Morgan fingerprint density at radius 1 is 1.20 bits per heavy atom. The molecule has 0 aliphatic heterocycles. The Hall–Kier alpha value is -1.26. The third-order valence-corrected chi connectivity index (χ3v) is 2.35. The first-order valence-corrected chi connectivity index (χ1v) is 5.23. The first-order valence-electron chi connectivity index (χ1n) is 5.23. The molecular weight excluding hydrogens is 200 g/mol. The van der Waals surface area contributed by atoms with Crippen molar-refractivity contribution in [3.63, 3.8) is 0 Å². The van der Waals surface area contributed by atoms with Crippen LogP contribution in [-0.4, -0.2) is 29.9 Å². The highest BCUT2D eigenvalue weighted by Gasteiger charge is 2.18. The van der Waals surface area contributed by atoms with E-state index in [2.05, 4.69) is 4.74 Å². The molecule has 0 amide bonds. The maximum absolute atomic E-state index is 11.1. The van der Waals surface area contributed by atoms with Crippen molar-refractivity contribution in [1.29, 1.82) is 0 Å². The normalized spacial score (nSPS) is 17.1. The van der Waals surface area contributed by atoms with Gasteiger partial charge in [-0.3, -0.25) is 4.79 Å². The number of hydrogen-bond acceptors (Lipinski definition) is 4. The van der Waals surface area contributed by atoms with E-state index in [0.717, 1.165) is 25.7 Å². The second-order valence-corrected chi connectivity index (χ2v) is 3.62. The molecule has 5 heteroatoms. The monoisotopic (exact) mass is 216 g/mol. The number of carbonyl (C=O) groups excluding carboxylic acids is 1. The number of carbonyl (C=O) groups is 2. The average molecular weight is 216 g/mol. The van der Waals surface area contributed by atoms with Gasteiger partial charge in [-0.2, -0.15) is 0 Å². The summed E-state index contributed by atoms with van der Waals surface area (Å²) in [6.07, 6.45) is 4.13. The van der Waals surface area contributed by atoms with Gasteiger partial charge < -0.3 is 14.6 Å². The Morgan fingerprint density at radius 3 is 2.47 bits per heavy atom. The van der Waals surface area contributed by atoms with Gasteiger partial charge in [0.25, 0.3) is 0 Å². The molecule has 1 fully saturated rings. The minimum Gasteiger partial charge on any atom is -0.481 e. The second-order valence-electron chi connectivity index (χ2n) is 3.62. The Bertz CT molecular complexity index is 220. The maximum atomic E-state index is 11.1. The molecule has 15 heavy (non-hydrogen) atoms. The molecule has 0 unspecified atom stereocenters.